The highest BCUT2D eigenvalue weighted by atomic mass is 35.5. The van der Waals surface area contributed by atoms with E-state index in [1.165, 1.54) is 16.7 Å². The van der Waals surface area contributed by atoms with E-state index >= 15 is 0 Å². The van der Waals surface area contributed by atoms with E-state index in [9.17, 15) is 14.0 Å². The molecule has 0 fully saturated rings. The predicted molar refractivity (Wildman–Crippen MR) is 106 cm³/mol. The van der Waals surface area contributed by atoms with Crippen molar-refractivity contribution < 1.29 is 9.18 Å². The summed E-state index contributed by atoms with van der Waals surface area (Å²) >= 11 is 11.0. The molecule has 0 saturated heterocycles. The Morgan fingerprint density at radius 3 is 2.74 bits per heavy atom. The summed E-state index contributed by atoms with van der Waals surface area (Å²) in [5.74, 6) is -0.842. The molecule has 0 spiro atoms. The fourth-order valence-electron chi connectivity index (χ4n) is 2.83. The smallest absolute Gasteiger partial charge is 0.262 e. The summed E-state index contributed by atoms with van der Waals surface area (Å²) in [7, 11) is 0. The van der Waals surface area contributed by atoms with Crippen LogP contribution in [0.2, 0.25) is 5.02 Å². The molecule has 3 aromatic rings. The number of hydrogen-bond donors (Lipinski definition) is 2. The van der Waals surface area contributed by atoms with E-state index in [4.69, 9.17) is 23.8 Å². The lowest BCUT2D eigenvalue weighted by molar-refractivity contribution is 0.0940. The minimum absolute atomic E-state index is 0.000849. The zero-order valence-corrected chi connectivity index (χ0v) is 16.2. The molecule has 2 N–H and O–H groups in total. The van der Waals surface area contributed by atoms with Gasteiger partial charge >= 0.3 is 0 Å². The Hall–Kier alpha value is -2.51. The standard InChI is InChI=1S/C19H17ClFN3O2S/c1-3-24-18(26)13-6-4-12(9-16(13)23-19(24)27)17(25)22-10(2)11-5-7-15(21)14(20)8-11/h4-10H,3H2,1-2H3,(H,22,25)(H,23,27)/t10-/m0/s1. The maximum atomic E-state index is 13.3. The van der Waals surface area contributed by atoms with Gasteiger partial charge in [0.2, 0.25) is 0 Å². The van der Waals surface area contributed by atoms with E-state index in [-0.39, 0.29) is 22.5 Å². The number of carbonyl (C=O) groups is 1. The average molecular weight is 406 g/mol. The number of hydrogen-bond acceptors (Lipinski definition) is 3. The first-order valence-corrected chi connectivity index (χ1v) is 9.13. The number of fused-ring (bicyclic) bond motifs is 1. The van der Waals surface area contributed by atoms with E-state index in [1.54, 1.807) is 31.2 Å². The van der Waals surface area contributed by atoms with Gasteiger partial charge in [-0.25, -0.2) is 4.39 Å². The molecule has 5 nitrogen and oxygen atoms in total. The van der Waals surface area contributed by atoms with Crippen molar-refractivity contribution >= 4 is 40.6 Å². The first-order chi connectivity index (χ1) is 12.8. The summed E-state index contributed by atoms with van der Waals surface area (Å²) < 4.78 is 15.1. The molecule has 1 atom stereocenters. The summed E-state index contributed by atoms with van der Waals surface area (Å²) in [4.78, 5) is 28.0. The SMILES string of the molecule is CCn1c(=S)[nH]c2cc(C(=O)N[C@@H](C)c3ccc(F)c(Cl)c3)ccc2c1=O. The van der Waals surface area contributed by atoms with Gasteiger partial charge in [-0.1, -0.05) is 17.7 Å². The second-order valence-corrected chi connectivity index (χ2v) is 6.90. The highest BCUT2D eigenvalue weighted by Crippen LogP contribution is 2.21. The summed E-state index contributed by atoms with van der Waals surface area (Å²) in [5.41, 5.74) is 1.36. The maximum absolute atomic E-state index is 13.3. The largest absolute Gasteiger partial charge is 0.346 e. The van der Waals surface area contributed by atoms with Crippen molar-refractivity contribution in [3.05, 3.63) is 73.5 Å². The Labute approximate surface area is 164 Å². The van der Waals surface area contributed by atoms with Crippen molar-refractivity contribution in [1.29, 1.82) is 0 Å². The Kier molecular flexibility index (Phi) is 5.43. The molecule has 2 aromatic carbocycles. The topological polar surface area (TPSA) is 66.9 Å². The molecule has 0 unspecified atom stereocenters. The number of nitrogens with zero attached hydrogens (tertiary/aromatic N) is 1. The number of H-pyrrole nitrogens is 1. The van der Waals surface area contributed by atoms with Gasteiger partial charge in [0.1, 0.15) is 5.82 Å². The van der Waals surface area contributed by atoms with Crippen molar-refractivity contribution in [2.75, 3.05) is 0 Å². The number of aromatic nitrogens is 2. The molecule has 1 aromatic heterocycles. The first-order valence-electron chi connectivity index (χ1n) is 8.34. The molecule has 1 amide bonds. The second-order valence-electron chi connectivity index (χ2n) is 6.11. The lowest BCUT2D eigenvalue weighted by Crippen LogP contribution is -2.27. The highest BCUT2D eigenvalue weighted by molar-refractivity contribution is 7.71. The van der Waals surface area contributed by atoms with E-state index in [0.717, 1.165) is 0 Å². The van der Waals surface area contributed by atoms with Gasteiger partial charge in [-0.15, -0.1) is 0 Å². The molecule has 140 valence electrons. The number of benzene rings is 2. The van der Waals surface area contributed by atoms with Crippen LogP contribution in [0.15, 0.2) is 41.2 Å². The quantitative estimate of drug-likeness (QED) is 0.633. The monoisotopic (exact) mass is 405 g/mol. The van der Waals surface area contributed by atoms with Gasteiger partial charge in [-0.3, -0.25) is 14.2 Å². The summed E-state index contributed by atoms with van der Waals surface area (Å²) in [6, 6.07) is 8.70. The molecule has 3 rings (SSSR count). The van der Waals surface area contributed by atoms with Crippen LogP contribution in [0.4, 0.5) is 4.39 Å². The number of amides is 1. The van der Waals surface area contributed by atoms with Gasteiger partial charge in [-0.05, 0) is 62.0 Å². The van der Waals surface area contributed by atoms with E-state index in [0.29, 0.717) is 33.3 Å². The normalized spacial score (nSPS) is 12.1. The molecule has 0 aliphatic carbocycles. The van der Waals surface area contributed by atoms with Crippen LogP contribution >= 0.6 is 23.8 Å². The summed E-state index contributed by atoms with van der Waals surface area (Å²) in [6.07, 6.45) is 0. The Balaban J connectivity index is 1.90. The van der Waals surface area contributed by atoms with Gasteiger partial charge in [0.15, 0.2) is 4.77 Å². The van der Waals surface area contributed by atoms with Crippen LogP contribution in [0, 0.1) is 10.6 Å². The van der Waals surface area contributed by atoms with Crippen molar-refractivity contribution in [1.82, 2.24) is 14.9 Å². The van der Waals surface area contributed by atoms with E-state index in [1.807, 2.05) is 6.92 Å². The van der Waals surface area contributed by atoms with E-state index in [2.05, 4.69) is 10.3 Å². The number of nitrogens with one attached hydrogen (secondary N) is 2. The molecule has 1 heterocycles. The average Bonchev–Trinajstić information content (AvgIpc) is 2.63. The summed E-state index contributed by atoms with van der Waals surface area (Å²) in [6.45, 7) is 4.07. The molecule has 8 heteroatoms. The molecular formula is C19H17ClFN3O2S. The molecule has 27 heavy (non-hydrogen) atoms. The van der Waals surface area contributed by atoms with Crippen LogP contribution in [0.1, 0.15) is 35.8 Å². The van der Waals surface area contributed by atoms with Gasteiger partial charge in [0.05, 0.1) is 22.0 Å². The third-order valence-corrected chi connectivity index (χ3v) is 4.96. The fraction of sp³-hybridized carbons (Fsp3) is 0.211. The van der Waals surface area contributed by atoms with Crippen molar-refractivity contribution in [3.8, 4) is 0 Å². The van der Waals surface area contributed by atoms with Crippen LogP contribution in [-0.2, 0) is 6.54 Å². The minimum Gasteiger partial charge on any atom is -0.346 e. The molecule has 0 aliphatic rings. The highest BCUT2D eigenvalue weighted by Gasteiger charge is 2.14. The number of rotatable bonds is 4. The zero-order chi connectivity index (χ0) is 19.7. The van der Waals surface area contributed by atoms with Gasteiger partial charge in [0, 0.05) is 12.1 Å². The van der Waals surface area contributed by atoms with Gasteiger partial charge in [0.25, 0.3) is 11.5 Å². The Bertz CT molecular complexity index is 1160. The van der Waals surface area contributed by atoms with Crippen LogP contribution in [0.3, 0.4) is 0 Å². The van der Waals surface area contributed by atoms with Crippen LogP contribution in [0.25, 0.3) is 10.9 Å². The lowest BCUT2D eigenvalue weighted by Gasteiger charge is -2.15. The Morgan fingerprint density at radius 1 is 1.33 bits per heavy atom. The Morgan fingerprint density at radius 2 is 2.07 bits per heavy atom. The van der Waals surface area contributed by atoms with Crippen LogP contribution < -0.4 is 10.9 Å². The van der Waals surface area contributed by atoms with Crippen LogP contribution in [0.5, 0.6) is 0 Å². The lowest BCUT2D eigenvalue weighted by atomic mass is 10.1. The van der Waals surface area contributed by atoms with Crippen molar-refractivity contribution in [2.45, 2.75) is 26.4 Å². The third kappa shape index (κ3) is 3.79. The molecule has 0 saturated carbocycles. The number of carbonyl (C=O) groups excluding carboxylic acids is 1. The van der Waals surface area contributed by atoms with Gasteiger partial charge in [-0.2, -0.15) is 0 Å². The third-order valence-electron chi connectivity index (χ3n) is 4.35. The zero-order valence-electron chi connectivity index (χ0n) is 14.7. The summed E-state index contributed by atoms with van der Waals surface area (Å²) in [5, 5.41) is 3.29. The minimum atomic E-state index is -0.513. The number of aromatic amines is 1. The molecular weight excluding hydrogens is 389 g/mol. The molecule has 0 aliphatic heterocycles. The van der Waals surface area contributed by atoms with Crippen molar-refractivity contribution in [2.24, 2.45) is 0 Å². The molecule has 0 bridgehead atoms. The van der Waals surface area contributed by atoms with Crippen molar-refractivity contribution in [3.63, 3.8) is 0 Å². The predicted octanol–water partition coefficient (Wildman–Crippen LogP) is 4.36. The molecule has 0 radical (unpaired) electrons. The maximum Gasteiger partial charge on any atom is 0.262 e. The van der Waals surface area contributed by atoms with Gasteiger partial charge < -0.3 is 10.3 Å². The van der Waals surface area contributed by atoms with Crippen LogP contribution in [-0.4, -0.2) is 15.5 Å². The fourth-order valence-corrected chi connectivity index (χ4v) is 3.34. The van der Waals surface area contributed by atoms with E-state index < -0.39 is 5.82 Å². The second kappa shape index (κ2) is 7.62. The first kappa shape index (κ1) is 19.3. The number of halogens is 2.